The third-order valence-corrected chi connectivity index (χ3v) is 6.64. The number of rotatable bonds is 11. The van der Waals surface area contributed by atoms with Crippen molar-refractivity contribution in [1.29, 1.82) is 0 Å². The number of hydrogen-bond donors (Lipinski definition) is 0. The maximum absolute atomic E-state index is 6.45. The first-order chi connectivity index (χ1) is 13.2. The highest BCUT2D eigenvalue weighted by Crippen LogP contribution is 2.45. The van der Waals surface area contributed by atoms with Gasteiger partial charge >= 0.3 is 0 Å². The highest BCUT2D eigenvalue weighted by Gasteiger charge is 2.43. The third-order valence-electron chi connectivity index (χ3n) is 6.64. The Hall–Kier alpha value is -0.680. The summed E-state index contributed by atoms with van der Waals surface area (Å²) in [7, 11) is 0. The zero-order valence-corrected chi connectivity index (χ0v) is 19.2. The van der Waals surface area contributed by atoms with Crippen LogP contribution in [-0.2, 0) is 14.2 Å². The standard InChI is InChI=1S/C24H43NO3/c1-8-26-16-15-25(17-19(2)3)14-11-22-18-27-24(28-22)12-9-21(10-13-24)23(6,7)20(4)5/h9,20,22H,2,8,10-18H2,1,3-7H3. The van der Waals surface area contributed by atoms with Crippen molar-refractivity contribution in [2.75, 3.05) is 39.5 Å². The van der Waals surface area contributed by atoms with E-state index in [4.69, 9.17) is 14.2 Å². The van der Waals surface area contributed by atoms with Gasteiger partial charge in [-0.15, -0.1) is 0 Å². The van der Waals surface area contributed by atoms with E-state index < -0.39 is 0 Å². The molecule has 1 saturated heterocycles. The molecule has 0 bridgehead atoms. The lowest BCUT2D eigenvalue weighted by Gasteiger charge is -2.39. The fourth-order valence-corrected chi connectivity index (χ4v) is 4.08. The van der Waals surface area contributed by atoms with Gasteiger partial charge in [-0.05, 0) is 38.0 Å². The molecule has 28 heavy (non-hydrogen) atoms. The molecule has 1 fully saturated rings. The maximum Gasteiger partial charge on any atom is 0.172 e. The first-order valence-electron chi connectivity index (χ1n) is 11.1. The van der Waals surface area contributed by atoms with Crippen molar-refractivity contribution in [3.05, 3.63) is 23.8 Å². The second-order valence-electron chi connectivity index (χ2n) is 9.49. The lowest BCUT2D eigenvalue weighted by molar-refractivity contribution is -0.174. The third kappa shape index (κ3) is 6.41. The number of allylic oxidation sites excluding steroid dienone is 1. The second-order valence-corrected chi connectivity index (χ2v) is 9.49. The van der Waals surface area contributed by atoms with Crippen LogP contribution in [0.1, 0.15) is 67.2 Å². The summed E-state index contributed by atoms with van der Waals surface area (Å²) >= 11 is 0. The van der Waals surface area contributed by atoms with Crippen molar-refractivity contribution < 1.29 is 14.2 Å². The Bertz CT molecular complexity index is 540. The fourth-order valence-electron chi connectivity index (χ4n) is 4.08. The maximum atomic E-state index is 6.45. The van der Waals surface area contributed by atoms with Crippen molar-refractivity contribution >= 4 is 0 Å². The lowest BCUT2D eigenvalue weighted by Crippen LogP contribution is -2.36. The van der Waals surface area contributed by atoms with Gasteiger partial charge in [-0.25, -0.2) is 0 Å². The quantitative estimate of drug-likeness (QED) is 0.357. The van der Waals surface area contributed by atoms with Crippen LogP contribution < -0.4 is 0 Å². The van der Waals surface area contributed by atoms with Crippen LogP contribution in [-0.4, -0.2) is 56.2 Å². The minimum atomic E-state index is -0.383. The molecule has 2 rings (SSSR count). The van der Waals surface area contributed by atoms with Gasteiger partial charge in [0, 0.05) is 39.1 Å². The van der Waals surface area contributed by atoms with E-state index in [0.29, 0.717) is 12.5 Å². The Morgan fingerprint density at radius 2 is 2.14 bits per heavy atom. The van der Waals surface area contributed by atoms with Crippen LogP contribution in [0.15, 0.2) is 23.8 Å². The largest absolute Gasteiger partial charge is 0.380 e. The van der Waals surface area contributed by atoms with E-state index in [1.54, 1.807) is 5.57 Å². The van der Waals surface area contributed by atoms with Gasteiger partial charge in [0.1, 0.15) is 0 Å². The molecule has 0 aromatic carbocycles. The zero-order chi connectivity index (χ0) is 20.8. The van der Waals surface area contributed by atoms with Crippen LogP contribution in [0, 0.1) is 11.3 Å². The van der Waals surface area contributed by atoms with Crippen LogP contribution in [0.3, 0.4) is 0 Å². The summed E-state index contributed by atoms with van der Waals surface area (Å²) in [6.07, 6.45) is 6.51. The second kappa shape index (κ2) is 10.4. The van der Waals surface area contributed by atoms with Gasteiger partial charge in [0.05, 0.1) is 19.3 Å². The average molecular weight is 394 g/mol. The van der Waals surface area contributed by atoms with Crippen molar-refractivity contribution in [3.8, 4) is 0 Å². The molecule has 4 nitrogen and oxygen atoms in total. The van der Waals surface area contributed by atoms with Crippen LogP contribution in [0.2, 0.25) is 0 Å². The normalized spacial score (nSPS) is 25.7. The average Bonchev–Trinajstić information content (AvgIpc) is 3.02. The number of nitrogens with zero attached hydrogens (tertiary/aromatic N) is 1. The smallest absolute Gasteiger partial charge is 0.172 e. The Balaban J connectivity index is 1.84. The molecule has 2 atom stereocenters. The molecular weight excluding hydrogens is 350 g/mol. The predicted molar refractivity (Wildman–Crippen MR) is 116 cm³/mol. The predicted octanol–water partition coefficient (Wildman–Crippen LogP) is 5.20. The fraction of sp³-hybridized carbons (Fsp3) is 0.833. The topological polar surface area (TPSA) is 30.9 Å². The summed E-state index contributed by atoms with van der Waals surface area (Å²) in [4.78, 5) is 2.41. The first kappa shape index (κ1) is 23.6. The summed E-state index contributed by atoms with van der Waals surface area (Å²) < 4.78 is 18.2. The zero-order valence-electron chi connectivity index (χ0n) is 19.2. The minimum absolute atomic E-state index is 0.188. The van der Waals surface area contributed by atoms with Gasteiger partial charge in [-0.2, -0.15) is 0 Å². The molecule has 4 heteroatoms. The molecule has 0 radical (unpaired) electrons. The minimum Gasteiger partial charge on any atom is -0.380 e. The van der Waals surface area contributed by atoms with E-state index in [2.05, 4.69) is 52.2 Å². The Labute approximate surface area is 173 Å². The number of hydrogen-bond acceptors (Lipinski definition) is 4. The summed E-state index contributed by atoms with van der Waals surface area (Å²) in [5, 5.41) is 0. The van der Waals surface area contributed by atoms with Crippen LogP contribution in [0.4, 0.5) is 0 Å². The van der Waals surface area contributed by atoms with Gasteiger partial charge in [0.15, 0.2) is 5.79 Å². The van der Waals surface area contributed by atoms with E-state index in [9.17, 15) is 0 Å². The summed E-state index contributed by atoms with van der Waals surface area (Å²) in [5.41, 5.74) is 3.00. The molecule has 1 spiro atoms. The van der Waals surface area contributed by atoms with Gasteiger partial charge in [-0.3, -0.25) is 4.90 Å². The van der Waals surface area contributed by atoms with E-state index in [1.165, 1.54) is 5.57 Å². The van der Waals surface area contributed by atoms with Crippen LogP contribution >= 0.6 is 0 Å². The highest BCUT2D eigenvalue weighted by molar-refractivity contribution is 5.18. The SMILES string of the molecule is C=C(C)CN(CCOCC)CCC1COC2(CC=C(C(C)(C)C(C)C)CC2)O1. The van der Waals surface area contributed by atoms with Gasteiger partial charge in [0.2, 0.25) is 0 Å². The van der Waals surface area contributed by atoms with Crippen molar-refractivity contribution in [2.24, 2.45) is 11.3 Å². The summed E-state index contributed by atoms with van der Waals surface area (Å²) in [6, 6.07) is 0. The molecule has 1 aliphatic heterocycles. The molecule has 162 valence electrons. The van der Waals surface area contributed by atoms with E-state index in [1.807, 2.05) is 6.92 Å². The van der Waals surface area contributed by atoms with Crippen molar-refractivity contribution in [2.45, 2.75) is 79.1 Å². The van der Waals surface area contributed by atoms with E-state index in [-0.39, 0.29) is 17.3 Å². The van der Waals surface area contributed by atoms with Crippen LogP contribution in [0.5, 0.6) is 0 Å². The van der Waals surface area contributed by atoms with E-state index in [0.717, 1.165) is 58.5 Å². The highest BCUT2D eigenvalue weighted by atomic mass is 16.7. The Kier molecular flexibility index (Phi) is 8.75. The molecule has 2 unspecified atom stereocenters. The molecule has 0 aromatic heterocycles. The number of ether oxygens (including phenoxy) is 3. The van der Waals surface area contributed by atoms with Crippen molar-refractivity contribution in [3.63, 3.8) is 0 Å². The van der Waals surface area contributed by atoms with Gasteiger partial charge in [-0.1, -0.05) is 51.5 Å². The van der Waals surface area contributed by atoms with Crippen molar-refractivity contribution in [1.82, 2.24) is 4.90 Å². The summed E-state index contributed by atoms with van der Waals surface area (Å²) in [5.74, 6) is 0.257. The lowest BCUT2D eigenvalue weighted by atomic mass is 9.70. The molecule has 0 saturated carbocycles. The van der Waals surface area contributed by atoms with Gasteiger partial charge < -0.3 is 14.2 Å². The molecular formula is C24H43NO3. The molecule has 2 aliphatic rings. The van der Waals surface area contributed by atoms with E-state index >= 15 is 0 Å². The Morgan fingerprint density at radius 1 is 1.39 bits per heavy atom. The molecule has 0 amide bonds. The first-order valence-corrected chi connectivity index (χ1v) is 11.1. The molecule has 1 aliphatic carbocycles. The monoisotopic (exact) mass is 393 g/mol. The Morgan fingerprint density at radius 3 is 2.71 bits per heavy atom. The summed E-state index contributed by atoms with van der Waals surface area (Å²) in [6.45, 7) is 22.6. The molecule has 0 aromatic rings. The van der Waals surface area contributed by atoms with Gasteiger partial charge in [0.25, 0.3) is 0 Å². The molecule has 0 N–H and O–H groups in total. The molecule has 1 heterocycles. The van der Waals surface area contributed by atoms with Crippen LogP contribution in [0.25, 0.3) is 0 Å².